The largest absolute Gasteiger partial charge is 0.356 e. The molecule has 0 radical (unpaired) electrons. The number of aryl methyl sites for hydroxylation is 1. The fourth-order valence-electron chi connectivity index (χ4n) is 3.54. The van der Waals surface area contributed by atoms with Crippen molar-refractivity contribution in [3.8, 4) is 5.69 Å². The Morgan fingerprint density at radius 2 is 1.64 bits per heavy atom. The van der Waals surface area contributed by atoms with Crippen LogP contribution in [0.3, 0.4) is 0 Å². The van der Waals surface area contributed by atoms with E-state index in [4.69, 9.17) is 0 Å². The second kappa shape index (κ2) is 10.3. The summed E-state index contributed by atoms with van der Waals surface area (Å²) in [5.74, 6) is 0.229. The minimum Gasteiger partial charge on any atom is -0.356 e. The van der Waals surface area contributed by atoms with Crippen molar-refractivity contribution < 1.29 is 4.79 Å². The number of hydrogen-bond acceptors (Lipinski definition) is 6. The molecule has 0 atom stereocenters. The van der Waals surface area contributed by atoms with Crippen LogP contribution in [0.15, 0.2) is 84.0 Å². The highest BCUT2D eigenvalue weighted by atomic mass is 32.2. The average Bonchev–Trinajstić information content (AvgIpc) is 3.28. The third-order valence-electron chi connectivity index (χ3n) is 5.10. The van der Waals surface area contributed by atoms with Crippen molar-refractivity contribution in [3.63, 3.8) is 0 Å². The van der Waals surface area contributed by atoms with Gasteiger partial charge >= 0.3 is 0 Å². The molecule has 0 bridgehead atoms. The fourth-order valence-corrected chi connectivity index (χ4v) is 4.28. The van der Waals surface area contributed by atoms with E-state index in [1.165, 1.54) is 11.8 Å². The van der Waals surface area contributed by atoms with E-state index in [0.29, 0.717) is 5.16 Å². The van der Waals surface area contributed by atoms with E-state index in [-0.39, 0.29) is 17.7 Å². The van der Waals surface area contributed by atoms with Crippen LogP contribution in [0, 0.1) is 6.92 Å². The maximum absolute atomic E-state index is 13.2. The van der Waals surface area contributed by atoms with Crippen molar-refractivity contribution in [1.29, 1.82) is 0 Å². The summed E-state index contributed by atoms with van der Waals surface area (Å²) in [6.07, 6.45) is 0. The summed E-state index contributed by atoms with van der Waals surface area (Å²) in [5.41, 5.74) is 4.80. The van der Waals surface area contributed by atoms with E-state index >= 15 is 0 Å². The molecule has 3 aromatic carbocycles. The highest BCUT2D eigenvalue weighted by Crippen LogP contribution is 2.25. The first-order valence-electron chi connectivity index (χ1n) is 10.7. The van der Waals surface area contributed by atoms with Gasteiger partial charge in [-0.25, -0.2) is 0 Å². The van der Waals surface area contributed by atoms with Crippen LogP contribution in [-0.4, -0.2) is 37.9 Å². The minimum atomic E-state index is -0.00176. The Balaban J connectivity index is 1.45. The molecule has 1 aromatic heterocycles. The molecular formula is C25H26N6OS. The zero-order valence-electron chi connectivity index (χ0n) is 18.8. The molecule has 0 saturated heterocycles. The molecule has 0 saturated carbocycles. The van der Waals surface area contributed by atoms with Gasteiger partial charge < -0.3 is 10.2 Å². The lowest BCUT2D eigenvalue weighted by Crippen LogP contribution is -2.38. The average molecular weight is 459 g/mol. The summed E-state index contributed by atoms with van der Waals surface area (Å²) >= 11 is 1.33. The van der Waals surface area contributed by atoms with E-state index in [9.17, 15) is 4.79 Å². The first-order valence-corrected chi connectivity index (χ1v) is 11.7. The van der Waals surface area contributed by atoms with Gasteiger partial charge in [0, 0.05) is 23.1 Å². The smallest absolute Gasteiger partial charge is 0.237 e. The standard InChI is InChI=1S/C25H26N6OS/c1-18(2)30(22-15-13-21(14-16-22)26-20-10-5-4-6-11-20)24(32)17-33-25-27-28-29-31(25)23-12-8-7-9-19(23)3/h4-16,18,26H,17H2,1-3H3. The molecule has 0 fully saturated rings. The molecule has 0 aliphatic rings. The number of para-hydroxylation sites is 2. The van der Waals surface area contributed by atoms with Crippen molar-refractivity contribution in [2.24, 2.45) is 0 Å². The topological polar surface area (TPSA) is 75.9 Å². The van der Waals surface area contributed by atoms with E-state index in [0.717, 1.165) is 28.3 Å². The number of nitrogens with one attached hydrogen (secondary N) is 1. The van der Waals surface area contributed by atoms with E-state index in [1.54, 1.807) is 9.58 Å². The Bertz CT molecular complexity index is 1210. The Morgan fingerprint density at radius 3 is 2.33 bits per heavy atom. The molecule has 8 heteroatoms. The predicted molar refractivity (Wildman–Crippen MR) is 133 cm³/mol. The summed E-state index contributed by atoms with van der Waals surface area (Å²) in [4.78, 5) is 15.0. The van der Waals surface area contributed by atoms with Gasteiger partial charge in [-0.2, -0.15) is 4.68 Å². The maximum Gasteiger partial charge on any atom is 0.237 e. The summed E-state index contributed by atoms with van der Waals surface area (Å²) in [5, 5.41) is 16.0. The van der Waals surface area contributed by atoms with Gasteiger partial charge in [-0.3, -0.25) is 4.79 Å². The van der Waals surface area contributed by atoms with Crippen LogP contribution in [0.25, 0.3) is 5.69 Å². The molecule has 168 valence electrons. The Morgan fingerprint density at radius 1 is 0.970 bits per heavy atom. The molecule has 7 nitrogen and oxygen atoms in total. The van der Waals surface area contributed by atoms with E-state index in [2.05, 4.69) is 20.8 Å². The first kappa shape index (κ1) is 22.5. The summed E-state index contributed by atoms with van der Waals surface area (Å²) in [7, 11) is 0. The monoisotopic (exact) mass is 458 g/mol. The number of anilines is 3. The zero-order chi connectivity index (χ0) is 23.2. The molecular weight excluding hydrogens is 432 g/mol. The minimum absolute atomic E-state index is 0.00176. The highest BCUT2D eigenvalue weighted by molar-refractivity contribution is 7.99. The van der Waals surface area contributed by atoms with Gasteiger partial charge in [-0.1, -0.05) is 48.2 Å². The number of hydrogen-bond donors (Lipinski definition) is 1. The molecule has 33 heavy (non-hydrogen) atoms. The molecule has 0 aliphatic carbocycles. The third-order valence-corrected chi connectivity index (χ3v) is 6.01. The molecule has 1 heterocycles. The van der Waals surface area contributed by atoms with Crippen molar-refractivity contribution in [2.75, 3.05) is 16.0 Å². The van der Waals surface area contributed by atoms with Crippen molar-refractivity contribution >= 4 is 34.7 Å². The number of benzene rings is 3. The van der Waals surface area contributed by atoms with Gasteiger partial charge in [-0.15, -0.1) is 5.10 Å². The number of nitrogens with zero attached hydrogens (tertiary/aromatic N) is 5. The van der Waals surface area contributed by atoms with Crippen molar-refractivity contribution in [3.05, 3.63) is 84.4 Å². The zero-order valence-corrected chi connectivity index (χ0v) is 19.7. The second-order valence-electron chi connectivity index (χ2n) is 7.84. The van der Waals surface area contributed by atoms with Gasteiger partial charge in [0.2, 0.25) is 11.1 Å². The molecule has 1 amide bonds. The lowest BCUT2D eigenvalue weighted by molar-refractivity contribution is -0.116. The maximum atomic E-state index is 13.2. The van der Waals surface area contributed by atoms with Gasteiger partial charge in [0.25, 0.3) is 0 Å². The number of carbonyl (C=O) groups is 1. The molecule has 1 N–H and O–H groups in total. The molecule has 0 unspecified atom stereocenters. The Hall–Kier alpha value is -3.65. The van der Waals surface area contributed by atoms with Crippen molar-refractivity contribution in [1.82, 2.24) is 20.2 Å². The summed E-state index contributed by atoms with van der Waals surface area (Å²) in [6.45, 7) is 6.03. The van der Waals surface area contributed by atoms with E-state index < -0.39 is 0 Å². The fraction of sp³-hybridized carbons (Fsp3) is 0.200. The molecule has 4 aromatic rings. The SMILES string of the molecule is Cc1ccccc1-n1nnnc1SCC(=O)N(c1ccc(Nc2ccccc2)cc1)C(C)C. The molecule has 0 spiro atoms. The van der Waals surface area contributed by atoms with Crippen LogP contribution < -0.4 is 10.2 Å². The van der Waals surface area contributed by atoms with Gasteiger partial charge in [0.1, 0.15) is 0 Å². The molecule has 4 rings (SSSR count). The predicted octanol–water partition coefficient (Wildman–Crippen LogP) is 5.25. The second-order valence-corrected chi connectivity index (χ2v) is 8.79. The lowest BCUT2D eigenvalue weighted by atomic mass is 10.2. The normalized spacial score (nSPS) is 10.9. The van der Waals surface area contributed by atoms with Crippen LogP contribution in [0.5, 0.6) is 0 Å². The quantitative estimate of drug-likeness (QED) is 0.364. The Labute approximate surface area is 197 Å². The van der Waals surface area contributed by atoms with Crippen LogP contribution in [-0.2, 0) is 4.79 Å². The lowest BCUT2D eigenvalue weighted by Gasteiger charge is -2.27. The van der Waals surface area contributed by atoms with Crippen LogP contribution in [0.2, 0.25) is 0 Å². The number of aromatic nitrogens is 4. The number of amides is 1. The van der Waals surface area contributed by atoms with E-state index in [1.807, 2.05) is 99.6 Å². The van der Waals surface area contributed by atoms with Crippen LogP contribution in [0.4, 0.5) is 17.1 Å². The number of rotatable bonds is 8. The Kier molecular flexibility index (Phi) is 7.04. The van der Waals surface area contributed by atoms with Gasteiger partial charge in [-0.05, 0) is 79.2 Å². The van der Waals surface area contributed by atoms with Gasteiger partial charge in [0.05, 0.1) is 11.4 Å². The van der Waals surface area contributed by atoms with Crippen molar-refractivity contribution in [2.45, 2.75) is 32.0 Å². The summed E-state index contributed by atoms with van der Waals surface area (Å²) < 4.78 is 1.68. The number of thioether (sulfide) groups is 1. The molecule has 0 aliphatic heterocycles. The van der Waals surface area contributed by atoms with Gasteiger partial charge in [0.15, 0.2) is 0 Å². The van der Waals surface area contributed by atoms with Crippen LogP contribution in [0.1, 0.15) is 19.4 Å². The number of carbonyl (C=O) groups excluding carboxylic acids is 1. The first-order chi connectivity index (χ1) is 16.0. The third kappa shape index (κ3) is 5.40. The number of tetrazole rings is 1. The van der Waals surface area contributed by atoms with Crippen LogP contribution >= 0.6 is 11.8 Å². The summed E-state index contributed by atoms with van der Waals surface area (Å²) in [6, 6.07) is 25.8. The highest BCUT2D eigenvalue weighted by Gasteiger charge is 2.21.